The van der Waals surface area contributed by atoms with Crippen molar-refractivity contribution in [3.63, 3.8) is 0 Å². The van der Waals surface area contributed by atoms with E-state index in [0.29, 0.717) is 0 Å². The SMILES string of the molecule is Cc1c2c(c(C)c3cscc13)C=S=C2. The van der Waals surface area contributed by atoms with Gasteiger partial charge in [-0.05, 0) is 68.4 Å². The van der Waals surface area contributed by atoms with Gasteiger partial charge in [-0.2, -0.15) is 22.3 Å². The van der Waals surface area contributed by atoms with Crippen LogP contribution in [0.2, 0.25) is 0 Å². The number of aryl methyl sites for hydroxylation is 2. The Balaban J connectivity index is 2.59. The van der Waals surface area contributed by atoms with Gasteiger partial charge < -0.3 is 0 Å². The van der Waals surface area contributed by atoms with Crippen LogP contribution in [0.15, 0.2) is 10.8 Å². The normalized spacial score (nSPS) is 13.3. The Kier molecular flexibility index (Phi) is 1.70. The van der Waals surface area contributed by atoms with Crippen LogP contribution >= 0.6 is 22.3 Å². The van der Waals surface area contributed by atoms with Gasteiger partial charge in [-0.15, -0.1) is 0 Å². The number of benzene rings is 1. The van der Waals surface area contributed by atoms with E-state index in [4.69, 9.17) is 0 Å². The standard InChI is InChI=1S/C12H10S2/c1-7-9-3-13-5-11(9)8(2)12-6-14-4-10(7)12/h3-6H,1-2H3. The predicted molar refractivity (Wildman–Crippen MR) is 69.2 cm³/mol. The van der Waals surface area contributed by atoms with Crippen LogP contribution in [0.25, 0.3) is 10.8 Å². The van der Waals surface area contributed by atoms with Crippen LogP contribution in [0, 0.1) is 13.8 Å². The lowest BCUT2D eigenvalue weighted by Gasteiger charge is -2.08. The zero-order valence-corrected chi connectivity index (χ0v) is 9.76. The van der Waals surface area contributed by atoms with Gasteiger partial charge in [-0.25, -0.2) is 0 Å². The van der Waals surface area contributed by atoms with Crippen molar-refractivity contribution in [2.45, 2.75) is 13.8 Å². The molecule has 0 nitrogen and oxygen atoms in total. The fourth-order valence-electron chi connectivity index (χ4n) is 2.05. The maximum Gasteiger partial charge on any atom is -0.00115 e. The van der Waals surface area contributed by atoms with Crippen LogP contribution in [0.3, 0.4) is 0 Å². The molecule has 2 aromatic rings. The van der Waals surface area contributed by atoms with E-state index in [9.17, 15) is 0 Å². The molecule has 1 aliphatic heterocycles. The van der Waals surface area contributed by atoms with Crippen molar-refractivity contribution in [2.75, 3.05) is 0 Å². The van der Waals surface area contributed by atoms with Gasteiger partial charge in [0.2, 0.25) is 0 Å². The average Bonchev–Trinajstić information content (AvgIpc) is 2.82. The molecule has 14 heavy (non-hydrogen) atoms. The second kappa shape index (κ2) is 2.81. The molecule has 0 N–H and O–H groups in total. The first-order chi connectivity index (χ1) is 6.79. The minimum absolute atomic E-state index is 1.43. The zero-order valence-electron chi connectivity index (χ0n) is 8.13. The molecule has 0 saturated heterocycles. The van der Waals surface area contributed by atoms with Crippen molar-refractivity contribution in [3.8, 4) is 0 Å². The van der Waals surface area contributed by atoms with Gasteiger partial charge in [0.25, 0.3) is 0 Å². The maximum absolute atomic E-state index is 2.26. The topological polar surface area (TPSA) is 0 Å². The highest BCUT2D eigenvalue weighted by Gasteiger charge is 2.13. The highest BCUT2D eigenvalue weighted by atomic mass is 32.1. The minimum Gasteiger partial charge on any atom is -0.151 e. The summed E-state index contributed by atoms with van der Waals surface area (Å²) in [5.41, 5.74) is 5.72. The monoisotopic (exact) mass is 218 g/mol. The maximum atomic E-state index is 2.26. The Bertz CT molecular complexity index is 548. The van der Waals surface area contributed by atoms with Crippen LogP contribution in [-0.2, 0) is 0 Å². The molecule has 0 amide bonds. The Morgan fingerprint density at radius 2 is 1.36 bits per heavy atom. The number of rotatable bonds is 0. The Morgan fingerprint density at radius 1 is 0.857 bits per heavy atom. The van der Waals surface area contributed by atoms with Gasteiger partial charge in [0, 0.05) is 0 Å². The first-order valence-corrected chi connectivity index (χ1v) is 6.48. The van der Waals surface area contributed by atoms with Crippen molar-refractivity contribution in [2.24, 2.45) is 0 Å². The van der Waals surface area contributed by atoms with Gasteiger partial charge >= 0.3 is 0 Å². The van der Waals surface area contributed by atoms with E-state index in [0.717, 1.165) is 0 Å². The Labute approximate surface area is 90.7 Å². The lowest BCUT2D eigenvalue weighted by molar-refractivity contribution is 1.45. The van der Waals surface area contributed by atoms with Crippen molar-refractivity contribution in [1.29, 1.82) is 0 Å². The minimum atomic E-state index is 1.43. The second-order valence-corrected chi connectivity index (χ2v) is 5.14. The van der Waals surface area contributed by atoms with E-state index in [2.05, 4.69) is 35.3 Å². The van der Waals surface area contributed by atoms with E-state index in [1.54, 1.807) is 22.3 Å². The van der Waals surface area contributed by atoms with Crippen molar-refractivity contribution < 1.29 is 0 Å². The summed E-state index contributed by atoms with van der Waals surface area (Å²) in [5, 5.41) is 11.9. The molecular weight excluding hydrogens is 208 g/mol. The van der Waals surface area contributed by atoms with Crippen LogP contribution in [0.5, 0.6) is 0 Å². The third-order valence-corrected chi connectivity index (χ3v) is 4.43. The van der Waals surface area contributed by atoms with Crippen molar-refractivity contribution in [1.82, 2.24) is 0 Å². The summed E-state index contributed by atoms with van der Waals surface area (Å²) in [6, 6.07) is 0. The molecule has 1 aromatic heterocycles. The Hall–Kier alpha value is -0.860. The molecule has 0 saturated carbocycles. The van der Waals surface area contributed by atoms with Crippen LogP contribution in [0.4, 0.5) is 0 Å². The fourth-order valence-corrected chi connectivity index (χ4v) is 3.94. The number of hydrogen-bond acceptors (Lipinski definition) is 1. The molecule has 0 aliphatic carbocycles. The van der Waals surface area contributed by atoms with E-state index in [-0.39, 0.29) is 0 Å². The summed E-state index contributed by atoms with van der Waals surface area (Å²) < 4.78 is 0. The van der Waals surface area contributed by atoms with E-state index in [1.807, 2.05) is 0 Å². The summed E-state index contributed by atoms with van der Waals surface area (Å²) in [5.74, 6) is 0. The van der Waals surface area contributed by atoms with Crippen LogP contribution in [-0.4, -0.2) is 10.7 Å². The van der Waals surface area contributed by atoms with Crippen molar-refractivity contribution >= 4 is 43.8 Å². The smallest absolute Gasteiger partial charge is 0.00115 e. The molecule has 0 fully saturated rings. The molecule has 0 atom stereocenters. The van der Waals surface area contributed by atoms with E-state index >= 15 is 0 Å². The highest BCUT2D eigenvalue weighted by Crippen LogP contribution is 2.32. The van der Waals surface area contributed by atoms with E-state index < -0.39 is 0 Å². The first-order valence-electron chi connectivity index (χ1n) is 4.60. The molecule has 0 spiro atoms. The van der Waals surface area contributed by atoms with Crippen molar-refractivity contribution in [3.05, 3.63) is 33.0 Å². The molecule has 0 bridgehead atoms. The van der Waals surface area contributed by atoms with Gasteiger partial charge in [0.1, 0.15) is 0 Å². The van der Waals surface area contributed by atoms with Crippen LogP contribution in [0.1, 0.15) is 22.3 Å². The quantitative estimate of drug-likeness (QED) is 0.506. The molecular formula is C12H10S2. The molecule has 2 heteroatoms. The molecule has 2 heterocycles. The molecule has 70 valence electrons. The number of fused-ring (bicyclic) bond motifs is 2. The summed E-state index contributed by atoms with van der Waals surface area (Å²) in [6.45, 7) is 4.45. The molecule has 1 aromatic carbocycles. The lowest BCUT2D eigenvalue weighted by atomic mass is 9.94. The first kappa shape index (κ1) is 8.45. The van der Waals surface area contributed by atoms with Crippen LogP contribution < -0.4 is 0 Å². The average molecular weight is 218 g/mol. The third-order valence-electron chi connectivity index (χ3n) is 2.94. The molecule has 0 unspecified atom stereocenters. The molecule has 0 radical (unpaired) electrons. The largest absolute Gasteiger partial charge is 0.151 e. The summed E-state index contributed by atoms with van der Waals surface area (Å²) in [4.78, 5) is 0. The summed E-state index contributed by atoms with van der Waals surface area (Å²) in [7, 11) is 1.80. The predicted octanol–water partition coefficient (Wildman–Crippen LogP) is 3.57. The van der Waals surface area contributed by atoms with Gasteiger partial charge in [0.15, 0.2) is 0 Å². The number of thiophene rings is 1. The highest BCUT2D eigenvalue weighted by molar-refractivity contribution is 7.97. The van der Waals surface area contributed by atoms with Gasteiger partial charge in [-0.3, -0.25) is 0 Å². The Morgan fingerprint density at radius 3 is 1.86 bits per heavy atom. The molecule has 1 aliphatic rings. The lowest BCUT2D eigenvalue weighted by Crippen LogP contribution is -1.95. The second-order valence-electron chi connectivity index (χ2n) is 3.65. The van der Waals surface area contributed by atoms with Gasteiger partial charge in [-0.1, -0.05) is 0 Å². The third kappa shape index (κ3) is 0.928. The zero-order chi connectivity index (χ0) is 9.71. The fraction of sp³-hybridized carbons (Fsp3) is 0.167. The van der Waals surface area contributed by atoms with E-state index in [1.165, 1.54) is 33.0 Å². The number of hydrogen-bond donors (Lipinski definition) is 0. The molecule has 3 rings (SSSR count). The van der Waals surface area contributed by atoms with Gasteiger partial charge in [0.05, 0.1) is 0 Å². The summed E-state index contributed by atoms with van der Waals surface area (Å²) >= 11 is 1.80. The summed E-state index contributed by atoms with van der Waals surface area (Å²) in [6.07, 6.45) is 0.